The van der Waals surface area contributed by atoms with E-state index in [4.69, 9.17) is 0 Å². The topological polar surface area (TPSA) is 83.1 Å². The summed E-state index contributed by atoms with van der Waals surface area (Å²) in [4.78, 5) is 47.3. The first-order valence-electron chi connectivity index (χ1n) is 8.37. The number of hydrogen-bond acceptors (Lipinski definition) is 6. The van der Waals surface area contributed by atoms with Gasteiger partial charge in [-0.3, -0.25) is 19.4 Å². The molecule has 27 heavy (non-hydrogen) atoms. The Balaban J connectivity index is 1.67. The van der Waals surface area contributed by atoms with Gasteiger partial charge in [0.2, 0.25) is 11.8 Å². The highest BCUT2D eigenvalue weighted by Gasteiger charge is 2.56. The summed E-state index contributed by atoms with van der Waals surface area (Å²) in [5, 5.41) is 0.108. The van der Waals surface area contributed by atoms with Gasteiger partial charge in [0.15, 0.2) is 0 Å². The molecule has 134 valence electrons. The second kappa shape index (κ2) is 6.17. The number of H-pyrrole nitrogens is 1. The minimum Gasteiger partial charge on any atom is -0.307 e. The third kappa shape index (κ3) is 2.48. The van der Waals surface area contributed by atoms with E-state index in [0.29, 0.717) is 10.7 Å². The summed E-state index contributed by atoms with van der Waals surface area (Å²) in [5.41, 5.74) is 1.41. The third-order valence-electron chi connectivity index (χ3n) is 4.88. The third-order valence-corrected chi connectivity index (χ3v) is 7.28. The minimum absolute atomic E-state index is 0.179. The molecule has 0 bridgehead atoms. The molecule has 6 nitrogen and oxygen atoms in total. The fourth-order valence-corrected chi connectivity index (χ4v) is 6.28. The number of carbonyl (C=O) groups excluding carboxylic acids is 2. The number of carbonyl (C=O) groups is 2. The molecule has 2 aliphatic rings. The van der Waals surface area contributed by atoms with Gasteiger partial charge >= 0.3 is 4.87 Å². The number of thioether (sulfide) groups is 1. The van der Waals surface area contributed by atoms with Gasteiger partial charge in [-0.15, -0.1) is 0 Å². The van der Waals surface area contributed by atoms with Crippen LogP contribution in [0.3, 0.4) is 0 Å². The number of anilines is 1. The van der Waals surface area contributed by atoms with Gasteiger partial charge in [-0.25, -0.2) is 4.90 Å². The van der Waals surface area contributed by atoms with E-state index in [1.807, 2.05) is 12.1 Å². The first-order chi connectivity index (χ1) is 13.1. The summed E-state index contributed by atoms with van der Waals surface area (Å²) >= 11 is 2.38. The van der Waals surface area contributed by atoms with Crippen molar-refractivity contribution in [3.63, 3.8) is 0 Å². The Morgan fingerprint density at radius 3 is 2.56 bits per heavy atom. The first kappa shape index (κ1) is 16.5. The van der Waals surface area contributed by atoms with Gasteiger partial charge in [-0.2, -0.15) is 0 Å². The normalized spacial score (nSPS) is 24.0. The summed E-state index contributed by atoms with van der Waals surface area (Å²) in [7, 11) is 0. The number of aromatic nitrogens is 2. The molecule has 1 N–H and O–H groups in total. The van der Waals surface area contributed by atoms with Crippen molar-refractivity contribution in [3.05, 3.63) is 75.0 Å². The molecule has 1 aromatic carbocycles. The number of benzene rings is 1. The zero-order valence-corrected chi connectivity index (χ0v) is 15.5. The van der Waals surface area contributed by atoms with Crippen molar-refractivity contribution in [3.8, 4) is 0 Å². The molecule has 8 heteroatoms. The van der Waals surface area contributed by atoms with Gasteiger partial charge in [-0.1, -0.05) is 47.4 Å². The van der Waals surface area contributed by atoms with Crippen LogP contribution < -0.4 is 9.77 Å². The molecular formula is C19H13N3O3S2. The number of nitrogens with one attached hydrogen (secondary N) is 1. The molecule has 0 radical (unpaired) electrons. The maximum absolute atomic E-state index is 13.3. The van der Waals surface area contributed by atoms with Gasteiger partial charge in [0.1, 0.15) is 5.25 Å². The molecule has 1 fully saturated rings. The molecule has 0 aliphatic carbocycles. The van der Waals surface area contributed by atoms with E-state index in [-0.39, 0.29) is 22.6 Å². The van der Waals surface area contributed by atoms with Crippen LogP contribution in [0.15, 0.2) is 64.7 Å². The minimum atomic E-state index is -0.569. The number of pyridine rings is 1. The number of para-hydroxylation sites is 1. The highest BCUT2D eigenvalue weighted by atomic mass is 32.2. The molecule has 3 atom stereocenters. The Morgan fingerprint density at radius 2 is 1.81 bits per heavy atom. The number of imide groups is 1. The Hall–Kier alpha value is -2.71. The maximum atomic E-state index is 13.3. The average Bonchev–Trinajstić information content (AvgIpc) is 3.18. The number of nitrogens with zero attached hydrogens (tertiary/aromatic N) is 2. The fraction of sp³-hybridized carbons (Fsp3) is 0.158. The van der Waals surface area contributed by atoms with Crippen molar-refractivity contribution in [2.24, 2.45) is 5.92 Å². The van der Waals surface area contributed by atoms with Crippen LogP contribution in [0.5, 0.6) is 0 Å². The lowest BCUT2D eigenvalue weighted by atomic mass is 9.84. The van der Waals surface area contributed by atoms with Gasteiger partial charge in [0, 0.05) is 23.2 Å². The van der Waals surface area contributed by atoms with Gasteiger partial charge < -0.3 is 4.98 Å². The molecule has 3 unspecified atom stereocenters. The van der Waals surface area contributed by atoms with Crippen LogP contribution in [-0.2, 0) is 9.59 Å². The lowest BCUT2D eigenvalue weighted by Gasteiger charge is -2.29. The fourth-order valence-electron chi connectivity index (χ4n) is 3.77. The van der Waals surface area contributed by atoms with Crippen LogP contribution in [-0.4, -0.2) is 27.0 Å². The Morgan fingerprint density at radius 1 is 1.00 bits per heavy atom. The van der Waals surface area contributed by atoms with E-state index in [9.17, 15) is 14.4 Å². The lowest BCUT2D eigenvalue weighted by Crippen LogP contribution is -2.32. The molecule has 4 heterocycles. The highest BCUT2D eigenvalue weighted by molar-refractivity contribution is 8.00. The second-order valence-electron chi connectivity index (χ2n) is 6.38. The molecule has 0 spiro atoms. The smallest absolute Gasteiger partial charge is 0.305 e. The molecule has 2 aromatic heterocycles. The highest BCUT2D eigenvalue weighted by Crippen LogP contribution is 2.52. The molecule has 2 amide bonds. The second-order valence-corrected chi connectivity index (χ2v) is 8.55. The van der Waals surface area contributed by atoms with Crippen molar-refractivity contribution < 1.29 is 9.59 Å². The van der Waals surface area contributed by atoms with Crippen LogP contribution in [0.4, 0.5) is 5.69 Å². The van der Waals surface area contributed by atoms with Crippen molar-refractivity contribution >= 4 is 40.6 Å². The van der Waals surface area contributed by atoms with Crippen molar-refractivity contribution in [1.82, 2.24) is 9.97 Å². The van der Waals surface area contributed by atoms with E-state index < -0.39 is 11.2 Å². The first-order valence-corrected chi connectivity index (χ1v) is 10.1. The Kier molecular flexibility index (Phi) is 3.76. The largest absolute Gasteiger partial charge is 0.307 e. The van der Waals surface area contributed by atoms with Crippen LogP contribution in [0.25, 0.3) is 0 Å². The quantitative estimate of drug-likeness (QED) is 0.675. The number of hydrogen-bond donors (Lipinski definition) is 1. The van der Waals surface area contributed by atoms with Crippen LogP contribution >= 0.6 is 23.1 Å². The average molecular weight is 395 g/mol. The van der Waals surface area contributed by atoms with E-state index in [1.165, 1.54) is 16.7 Å². The zero-order chi connectivity index (χ0) is 18.5. The Labute approximate surface area is 162 Å². The van der Waals surface area contributed by atoms with Crippen molar-refractivity contribution in [2.45, 2.75) is 16.2 Å². The molecule has 3 aromatic rings. The summed E-state index contributed by atoms with van der Waals surface area (Å²) < 4.78 is 0. The van der Waals surface area contributed by atoms with Gasteiger partial charge in [0.05, 0.1) is 16.6 Å². The number of amides is 2. The van der Waals surface area contributed by atoms with Crippen molar-refractivity contribution in [1.29, 1.82) is 0 Å². The molecule has 1 saturated heterocycles. The van der Waals surface area contributed by atoms with E-state index in [0.717, 1.165) is 21.8 Å². The number of fused-ring (bicyclic) bond motifs is 2. The van der Waals surface area contributed by atoms with Crippen molar-refractivity contribution in [2.75, 3.05) is 4.90 Å². The van der Waals surface area contributed by atoms with E-state index in [1.54, 1.807) is 42.7 Å². The van der Waals surface area contributed by atoms with E-state index in [2.05, 4.69) is 9.97 Å². The molecule has 5 rings (SSSR count). The van der Waals surface area contributed by atoms with Crippen LogP contribution in [0, 0.1) is 5.92 Å². The Bertz CT molecular complexity index is 1090. The van der Waals surface area contributed by atoms with E-state index >= 15 is 0 Å². The molecule has 0 saturated carbocycles. The maximum Gasteiger partial charge on any atom is 0.305 e. The standard InChI is InChI=1S/C19H13N3O3S2/c23-17-13-12(10-5-4-8-20-9-10)14-16(21-19(25)27-14)26-15(13)18(24)22(17)11-6-2-1-3-7-11/h1-9,12-13,15H,(H,21,25). The number of aromatic amines is 1. The molecule has 2 aliphatic heterocycles. The zero-order valence-electron chi connectivity index (χ0n) is 13.9. The summed E-state index contributed by atoms with van der Waals surface area (Å²) in [5.74, 6) is -1.41. The SMILES string of the molecule is O=C1C2Sc3[nH]c(=O)sc3C(c3cccnc3)C2C(=O)N1c1ccccc1. The predicted molar refractivity (Wildman–Crippen MR) is 103 cm³/mol. The van der Waals surface area contributed by atoms with Crippen LogP contribution in [0.2, 0.25) is 0 Å². The number of rotatable bonds is 2. The van der Waals surface area contributed by atoms with Crippen LogP contribution in [0.1, 0.15) is 16.4 Å². The molecular weight excluding hydrogens is 382 g/mol. The van der Waals surface area contributed by atoms with Gasteiger partial charge in [0.25, 0.3) is 0 Å². The monoisotopic (exact) mass is 395 g/mol. The summed E-state index contributed by atoms with van der Waals surface area (Å²) in [6.07, 6.45) is 3.37. The predicted octanol–water partition coefficient (Wildman–Crippen LogP) is 2.63. The number of thiazole rings is 1. The lowest BCUT2D eigenvalue weighted by molar-refractivity contribution is -0.122. The van der Waals surface area contributed by atoms with Gasteiger partial charge in [-0.05, 0) is 23.8 Å². The summed E-state index contributed by atoms with van der Waals surface area (Å²) in [6, 6.07) is 12.7. The summed E-state index contributed by atoms with van der Waals surface area (Å²) in [6.45, 7) is 0.